The second-order valence-corrected chi connectivity index (χ2v) is 8.60. The summed E-state index contributed by atoms with van der Waals surface area (Å²) in [5, 5.41) is 0. The molecule has 2 aromatic carbocycles. The second kappa shape index (κ2) is 7.56. The van der Waals surface area contributed by atoms with E-state index in [1.807, 2.05) is 13.8 Å². The van der Waals surface area contributed by atoms with Crippen LogP contribution in [0.3, 0.4) is 0 Å². The molecule has 1 saturated heterocycles. The Labute approximate surface area is 161 Å². The number of hydrogen-bond donors (Lipinski definition) is 0. The van der Waals surface area contributed by atoms with Gasteiger partial charge in [0.15, 0.2) is 17.5 Å². The van der Waals surface area contributed by atoms with Gasteiger partial charge in [-0.1, -0.05) is 6.07 Å². The number of hydrogen-bond acceptors (Lipinski definition) is 3. The van der Waals surface area contributed by atoms with Gasteiger partial charge in [0.25, 0.3) is 5.91 Å². The predicted octanol–water partition coefficient (Wildman–Crippen LogP) is 2.87. The van der Waals surface area contributed by atoms with Crippen molar-refractivity contribution < 1.29 is 26.4 Å². The molecule has 0 aliphatic carbocycles. The first-order valence-corrected chi connectivity index (χ1v) is 10.1. The molecule has 1 heterocycles. The number of sulfonamides is 1. The zero-order valence-electron chi connectivity index (χ0n) is 15.4. The second-order valence-electron chi connectivity index (χ2n) is 6.67. The molecule has 0 atom stereocenters. The first-order valence-electron chi connectivity index (χ1n) is 8.63. The molecule has 0 bridgehead atoms. The molecule has 0 N–H and O–H groups in total. The summed E-state index contributed by atoms with van der Waals surface area (Å²) in [6.45, 7) is 3.77. The quantitative estimate of drug-likeness (QED) is 0.729. The van der Waals surface area contributed by atoms with Crippen molar-refractivity contribution in [2.75, 3.05) is 26.2 Å². The Morgan fingerprint density at radius 1 is 0.893 bits per heavy atom. The fourth-order valence-corrected chi connectivity index (χ4v) is 4.52. The van der Waals surface area contributed by atoms with Crippen molar-refractivity contribution in [1.29, 1.82) is 0 Å². The minimum atomic E-state index is -3.72. The highest BCUT2D eigenvalue weighted by molar-refractivity contribution is 7.89. The van der Waals surface area contributed by atoms with Crippen molar-refractivity contribution in [3.8, 4) is 0 Å². The standard InChI is InChI=1S/C19H19F3N2O3S/c1-12-3-4-14(11-13(12)2)28(26,27)24-9-7-23(8-10-24)19(25)15-5-6-16(20)18(22)17(15)21/h3-6,11H,7-10H2,1-2H3. The molecule has 1 aliphatic heterocycles. The summed E-state index contributed by atoms with van der Waals surface area (Å²) in [6, 6.07) is 6.43. The molecule has 0 aromatic heterocycles. The molecule has 28 heavy (non-hydrogen) atoms. The van der Waals surface area contributed by atoms with Crippen LogP contribution >= 0.6 is 0 Å². The zero-order chi connectivity index (χ0) is 20.6. The molecule has 1 aliphatic rings. The Bertz CT molecular complexity index is 1030. The number of carbonyl (C=O) groups is 1. The summed E-state index contributed by atoms with van der Waals surface area (Å²) in [6.07, 6.45) is 0. The van der Waals surface area contributed by atoms with Gasteiger partial charge in [0, 0.05) is 26.2 Å². The molecular formula is C19H19F3N2O3S. The third-order valence-electron chi connectivity index (χ3n) is 4.91. The fraction of sp³-hybridized carbons (Fsp3) is 0.316. The number of benzene rings is 2. The van der Waals surface area contributed by atoms with Gasteiger partial charge in [0.05, 0.1) is 10.5 Å². The van der Waals surface area contributed by atoms with E-state index in [2.05, 4.69) is 0 Å². The number of piperazine rings is 1. The summed E-state index contributed by atoms with van der Waals surface area (Å²) in [4.78, 5) is 13.8. The average Bonchev–Trinajstić information content (AvgIpc) is 2.68. The maximum atomic E-state index is 13.9. The summed E-state index contributed by atoms with van der Waals surface area (Å²) in [5.74, 6) is -5.44. The first kappa shape index (κ1) is 20.3. The summed E-state index contributed by atoms with van der Waals surface area (Å²) < 4.78 is 67.1. The smallest absolute Gasteiger partial charge is 0.257 e. The lowest BCUT2D eigenvalue weighted by Gasteiger charge is -2.34. The van der Waals surface area contributed by atoms with Crippen molar-refractivity contribution in [2.24, 2.45) is 0 Å². The Hall–Kier alpha value is -2.39. The van der Waals surface area contributed by atoms with E-state index in [0.29, 0.717) is 6.07 Å². The van der Waals surface area contributed by atoms with Crippen LogP contribution in [-0.2, 0) is 10.0 Å². The highest BCUT2D eigenvalue weighted by Crippen LogP contribution is 2.22. The number of rotatable bonds is 3. The SMILES string of the molecule is Cc1ccc(S(=O)(=O)N2CCN(C(=O)c3ccc(F)c(F)c3F)CC2)cc1C. The van der Waals surface area contributed by atoms with Crippen LogP contribution in [0.2, 0.25) is 0 Å². The van der Waals surface area contributed by atoms with Crippen molar-refractivity contribution in [3.63, 3.8) is 0 Å². The molecule has 5 nitrogen and oxygen atoms in total. The molecular weight excluding hydrogens is 393 g/mol. The van der Waals surface area contributed by atoms with Crippen molar-refractivity contribution in [2.45, 2.75) is 18.7 Å². The van der Waals surface area contributed by atoms with Gasteiger partial charge in [0.2, 0.25) is 10.0 Å². The minimum absolute atomic E-state index is 0.0152. The highest BCUT2D eigenvalue weighted by Gasteiger charge is 2.32. The van der Waals surface area contributed by atoms with Gasteiger partial charge < -0.3 is 4.90 Å². The van der Waals surface area contributed by atoms with E-state index >= 15 is 0 Å². The summed E-state index contributed by atoms with van der Waals surface area (Å²) in [7, 11) is -3.72. The van der Waals surface area contributed by atoms with E-state index in [1.54, 1.807) is 12.1 Å². The third kappa shape index (κ3) is 3.64. The van der Waals surface area contributed by atoms with Crippen LogP contribution in [0, 0.1) is 31.3 Å². The Balaban J connectivity index is 1.74. The maximum Gasteiger partial charge on any atom is 0.257 e. The number of aryl methyl sites for hydroxylation is 2. The zero-order valence-corrected chi connectivity index (χ0v) is 16.2. The first-order chi connectivity index (χ1) is 13.1. The van der Waals surface area contributed by atoms with Crippen LogP contribution in [0.25, 0.3) is 0 Å². The number of carbonyl (C=O) groups excluding carboxylic acids is 1. The van der Waals surface area contributed by atoms with Crippen LogP contribution in [0.15, 0.2) is 35.2 Å². The molecule has 2 aromatic rings. The van der Waals surface area contributed by atoms with E-state index in [0.717, 1.165) is 17.2 Å². The van der Waals surface area contributed by atoms with Crippen LogP contribution in [0.1, 0.15) is 21.5 Å². The van der Waals surface area contributed by atoms with Gasteiger partial charge in [-0.15, -0.1) is 0 Å². The van der Waals surface area contributed by atoms with Gasteiger partial charge in [-0.3, -0.25) is 4.79 Å². The Morgan fingerprint density at radius 2 is 1.54 bits per heavy atom. The Morgan fingerprint density at radius 3 is 2.14 bits per heavy atom. The molecule has 0 radical (unpaired) electrons. The van der Waals surface area contributed by atoms with Crippen molar-refractivity contribution in [1.82, 2.24) is 9.21 Å². The molecule has 3 rings (SSSR count). The Kier molecular flexibility index (Phi) is 5.49. The highest BCUT2D eigenvalue weighted by atomic mass is 32.2. The summed E-state index contributed by atoms with van der Waals surface area (Å²) >= 11 is 0. The van der Waals surface area contributed by atoms with E-state index in [-0.39, 0.29) is 31.1 Å². The number of halogens is 3. The molecule has 1 amide bonds. The van der Waals surface area contributed by atoms with Gasteiger partial charge in [-0.25, -0.2) is 21.6 Å². The van der Waals surface area contributed by atoms with Crippen LogP contribution in [0.4, 0.5) is 13.2 Å². The van der Waals surface area contributed by atoms with Gasteiger partial charge in [-0.05, 0) is 49.2 Å². The van der Waals surface area contributed by atoms with E-state index in [4.69, 9.17) is 0 Å². The number of nitrogens with zero attached hydrogens (tertiary/aromatic N) is 2. The normalized spacial score (nSPS) is 15.7. The molecule has 0 saturated carbocycles. The molecule has 0 spiro atoms. The van der Waals surface area contributed by atoms with Crippen LogP contribution in [0.5, 0.6) is 0 Å². The van der Waals surface area contributed by atoms with Gasteiger partial charge >= 0.3 is 0 Å². The van der Waals surface area contributed by atoms with E-state index in [9.17, 15) is 26.4 Å². The topological polar surface area (TPSA) is 57.7 Å². The maximum absolute atomic E-state index is 13.9. The van der Waals surface area contributed by atoms with E-state index in [1.165, 1.54) is 15.3 Å². The van der Waals surface area contributed by atoms with Crippen LogP contribution in [-0.4, -0.2) is 49.7 Å². The van der Waals surface area contributed by atoms with Crippen molar-refractivity contribution in [3.05, 3.63) is 64.5 Å². The summed E-state index contributed by atoms with van der Waals surface area (Å²) in [5.41, 5.74) is 1.25. The van der Waals surface area contributed by atoms with Gasteiger partial charge in [0.1, 0.15) is 0 Å². The number of amides is 1. The average molecular weight is 412 g/mol. The predicted molar refractivity (Wildman–Crippen MR) is 96.9 cm³/mol. The van der Waals surface area contributed by atoms with Crippen molar-refractivity contribution >= 4 is 15.9 Å². The fourth-order valence-electron chi connectivity index (χ4n) is 3.02. The molecule has 1 fully saturated rings. The lowest BCUT2D eigenvalue weighted by Crippen LogP contribution is -2.50. The molecule has 150 valence electrons. The molecule has 9 heteroatoms. The monoisotopic (exact) mass is 412 g/mol. The largest absolute Gasteiger partial charge is 0.336 e. The lowest BCUT2D eigenvalue weighted by atomic mass is 10.1. The molecule has 0 unspecified atom stereocenters. The lowest BCUT2D eigenvalue weighted by molar-refractivity contribution is 0.0691. The third-order valence-corrected chi connectivity index (χ3v) is 6.80. The van der Waals surface area contributed by atoms with Gasteiger partial charge in [-0.2, -0.15) is 4.31 Å². The van der Waals surface area contributed by atoms with Crippen LogP contribution < -0.4 is 0 Å². The minimum Gasteiger partial charge on any atom is -0.336 e. The van der Waals surface area contributed by atoms with E-state index < -0.39 is 38.9 Å².